The lowest BCUT2D eigenvalue weighted by Gasteiger charge is -2.13. The quantitative estimate of drug-likeness (QED) is 0.734. The fourth-order valence-electron chi connectivity index (χ4n) is 2.56. The molecule has 1 aromatic carbocycles. The number of nitrogens with one attached hydrogen (secondary N) is 1. The van der Waals surface area contributed by atoms with Gasteiger partial charge < -0.3 is 14.6 Å². The van der Waals surface area contributed by atoms with E-state index >= 15 is 0 Å². The van der Waals surface area contributed by atoms with Crippen LogP contribution in [0.4, 0.5) is 13.2 Å². The number of fused-ring (bicyclic) bond motifs is 1. The second-order valence-electron chi connectivity index (χ2n) is 5.74. The van der Waals surface area contributed by atoms with Crippen LogP contribution in [0.15, 0.2) is 35.4 Å². The number of halogens is 3. The Morgan fingerprint density at radius 2 is 2.04 bits per heavy atom. The Labute approximate surface area is 155 Å². The van der Waals surface area contributed by atoms with Gasteiger partial charge >= 0.3 is 6.36 Å². The molecule has 27 heavy (non-hydrogen) atoms. The van der Waals surface area contributed by atoms with Crippen LogP contribution in [0.5, 0.6) is 5.75 Å². The molecule has 6 nitrogen and oxygen atoms in total. The lowest BCUT2D eigenvalue weighted by molar-refractivity contribution is -0.274. The van der Waals surface area contributed by atoms with Crippen molar-refractivity contribution in [3.63, 3.8) is 0 Å². The SMILES string of the molecule is Cc1c(C(=O)NCc2ccccc2OC(F)(F)F)sc2ncn(C)c(=O)c12. The molecule has 0 radical (unpaired) electrons. The molecule has 142 valence electrons. The molecular formula is C17H14F3N3O3S. The monoisotopic (exact) mass is 397 g/mol. The number of nitrogens with zero attached hydrogens (tertiary/aromatic N) is 2. The highest BCUT2D eigenvalue weighted by Crippen LogP contribution is 2.28. The van der Waals surface area contributed by atoms with Crippen LogP contribution in [0, 0.1) is 6.92 Å². The highest BCUT2D eigenvalue weighted by Gasteiger charge is 2.32. The number of amides is 1. The van der Waals surface area contributed by atoms with Crippen molar-refractivity contribution in [1.82, 2.24) is 14.9 Å². The predicted octanol–water partition coefficient (Wildman–Crippen LogP) is 3.13. The zero-order valence-corrected chi connectivity index (χ0v) is 15.1. The molecule has 0 aliphatic carbocycles. The lowest BCUT2D eigenvalue weighted by Crippen LogP contribution is -2.24. The van der Waals surface area contributed by atoms with E-state index in [1.165, 1.54) is 29.1 Å². The zero-order chi connectivity index (χ0) is 19.8. The molecule has 0 fully saturated rings. The van der Waals surface area contributed by atoms with Crippen LogP contribution in [-0.4, -0.2) is 21.8 Å². The van der Waals surface area contributed by atoms with Gasteiger partial charge in [-0.15, -0.1) is 24.5 Å². The molecule has 2 aromatic heterocycles. The van der Waals surface area contributed by atoms with Crippen LogP contribution in [0.3, 0.4) is 0 Å². The van der Waals surface area contributed by atoms with Gasteiger partial charge in [0.15, 0.2) is 0 Å². The number of rotatable bonds is 4. The van der Waals surface area contributed by atoms with Crippen LogP contribution in [0.1, 0.15) is 20.8 Å². The maximum atomic E-state index is 12.5. The van der Waals surface area contributed by atoms with Gasteiger partial charge in [0.25, 0.3) is 11.5 Å². The number of ether oxygens (including phenoxy) is 1. The molecule has 1 amide bonds. The standard InChI is InChI=1S/C17H14F3N3O3S/c1-9-12-15(22-8-23(2)16(12)25)27-13(9)14(24)21-7-10-5-3-4-6-11(10)26-17(18,19)20/h3-6,8H,7H2,1-2H3,(H,21,24). The number of aryl methyl sites for hydroxylation is 2. The van der Waals surface area contributed by atoms with Gasteiger partial charge in [-0.05, 0) is 18.6 Å². The topological polar surface area (TPSA) is 73.2 Å². The Balaban J connectivity index is 1.84. The van der Waals surface area contributed by atoms with E-state index in [9.17, 15) is 22.8 Å². The molecular weight excluding hydrogens is 383 g/mol. The molecule has 0 aliphatic heterocycles. The van der Waals surface area contributed by atoms with Gasteiger partial charge in [-0.1, -0.05) is 18.2 Å². The summed E-state index contributed by atoms with van der Waals surface area (Å²) in [5.41, 5.74) is 0.397. The number of aromatic nitrogens is 2. The van der Waals surface area contributed by atoms with Crippen LogP contribution < -0.4 is 15.6 Å². The molecule has 10 heteroatoms. The molecule has 2 heterocycles. The summed E-state index contributed by atoms with van der Waals surface area (Å²) in [6, 6.07) is 5.55. The summed E-state index contributed by atoms with van der Waals surface area (Å²) in [7, 11) is 1.56. The first-order chi connectivity index (χ1) is 12.7. The minimum absolute atomic E-state index is 0.162. The summed E-state index contributed by atoms with van der Waals surface area (Å²) in [5, 5.41) is 2.92. The van der Waals surface area contributed by atoms with Crippen molar-refractivity contribution in [1.29, 1.82) is 0 Å². The van der Waals surface area contributed by atoms with Gasteiger partial charge in [-0.3, -0.25) is 9.59 Å². The fraction of sp³-hybridized carbons (Fsp3) is 0.235. The Hall–Kier alpha value is -2.88. The fourth-order valence-corrected chi connectivity index (χ4v) is 3.61. The van der Waals surface area contributed by atoms with E-state index in [1.807, 2.05) is 0 Å². The van der Waals surface area contributed by atoms with E-state index in [-0.39, 0.29) is 28.3 Å². The smallest absolute Gasteiger partial charge is 0.405 e. The van der Waals surface area contributed by atoms with E-state index < -0.39 is 12.3 Å². The summed E-state index contributed by atoms with van der Waals surface area (Å²) in [4.78, 5) is 29.6. The van der Waals surface area contributed by atoms with E-state index in [1.54, 1.807) is 20.0 Å². The molecule has 0 saturated carbocycles. The van der Waals surface area contributed by atoms with Gasteiger partial charge in [0.2, 0.25) is 0 Å². The molecule has 0 bridgehead atoms. The summed E-state index contributed by atoms with van der Waals surface area (Å²) in [6.07, 6.45) is -3.46. The van der Waals surface area contributed by atoms with Crippen molar-refractivity contribution < 1.29 is 22.7 Å². The van der Waals surface area contributed by atoms with Crippen molar-refractivity contribution in [2.45, 2.75) is 19.8 Å². The van der Waals surface area contributed by atoms with Gasteiger partial charge in [-0.25, -0.2) is 4.98 Å². The Morgan fingerprint density at radius 3 is 2.74 bits per heavy atom. The first-order valence-electron chi connectivity index (χ1n) is 7.74. The lowest BCUT2D eigenvalue weighted by atomic mass is 10.2. The summed E-state index contributed by atoms with van der Waals surface area (Å²) < 4.78 is 42.7. The third-order valence-electron chi connectivity index (χ3n) is 3.85. The average molecular weight is 397 g/mol. The zero-order valence-electron chi connectivity index (χ0n) is 14.3. The van der Waals surface area contributed by atoms with Gasteiger partial charge in [-0.2, -0.15) is 0 Å². The Morgan fingerprint density at radius 1 is 1.33 bits per heavy atom. The van der Waals surface area contributed by atoms with Gasteiger partial charge in [0, 0.05) is 19.2 Å². The van der Waals surface area contributed by atoms with Crippen molar-refractivity contribution in [3.05, 3.63) is 57.0 Å². The number of carbonyl (C=O) groups is 1. The van der Waals surface area contributed by atoms with E-state index in [0.29, 0.717) is 15.8 Å². The van der Waals surface area contributed by atoms with Gasteiger partial charge in [0.05, 0.1) is 16.6 Å². The number of carbonyl (C=O) groups excluding carboxylic acids is 1. The van der Waals surface area contributed by atoms with Crippen molar-refractivity contribution >= 4 is 27.5 Å². The third kappa shape index (κ3) is 3.95. The molecule has 0 saturated heterocycles. The predicted molar refractivity (Wildman–Crippen MR) is 93.9 cm³/mol. The molecule has 0 atom stereocenters. The second kappa shape index (κ2) is 7.03. The van der Waals surface area contributed by atoms with Crippen LogP contribution in [-0.2, 0) is 13.6 Å². The summed E-state index contributed by atoms with van der Waals surface area (Å²) in [6.45, 7) is 1.47. The second-order valence-corrected chi connectivity index (χ2v) is 6.73. The number of thiophene rings is 1. The highest BCUT2D eigenvalue weighted by atomic mass is 32.1. The highest BCUT2D eigenvalue weighted by molar-refractivity contribution is 7.20. The maximum Gasteiger partial charge on any atom is 0.573 e. The van der Waals surface area contributed by atoms with Gasteiger partial charge in [0.1, 0.15) is 10.6 Å². The number of hydrogen-bond donors (Lipinski definition) is 1. The number of benzene rings is 1. The third-order valence-corrected chi connectivity index (χ3v) is 5.05. The molecule has 0 aliphatic rings. The van der Waals surface area contributed by atoms with E-state index in [4.69, 9.17) is 0 Å². The minimum Gasteiger partial charge on any atom is -0.405 e. The number of para-hydroxylation sites is 1. The molecule has 1 N–H and O–H groups in total. The molecule has 3 aromatic rings. The summed E-state index contributed by atoms with van der Waals surface area (Å²) in [5.74, 6) is -0.881. The number of hydrogen-bond acceptors (Lipinski definition) is 5. The van der Waals surface area contributed by atoms with Crippen molar-refractivity contribution in [2.75, 3.05) is 0 Å². The Bertz CT molecular complexity index is 1070. The molecule has 0 unspecified atom stereocenters. The first kappa shape index (κ1) is 18.9. The van der Waals surface area contributed by atoms with Crippen molar-refractivity contribution in [3.8, 4) is 5.75 Å². The van der Waals surface area contributed by atoms with Crippen LogP contribution in [0.2, 0.25) is 0 Å². The normalized spacial score (nSPS) is 11.6. The molecule has 0 spiro atoms. The largest absolute Gasteiger partial charge is 0.573 e. The summed E-state index contributed by atoms with van der Waals surface area (Å²) >= 11 is 1.06. The minimum atomic E-state index is -4.83. The molecule has 3 rings (SSSR count). The first-order valence-corrected chi connectivity index (χ1v) is 8.55. The van der Waals surface area contributed by atoms with Crippen LogP contribution >= 0.6 is 11.3 Å². The average Bonchev–Trinajstić information content (AvgIpc) is 2.93. The van der Waals surface area contributed by atoms with E-state index in [0.717, 1.165) is 11.3 Å². The number of alkyl halides is 3. The Kier molecular flexibility index (Phi) is 4.92. The van der Waals surface area contributed by atoms with Crippen molar-refractivity contribution in [2.24, 2.45) is 7.05 Å². The van der Waals surface area contributed by atoms with Crippen LogP contribution in [0.25, 0.3) is 10.2 Å². The van der Waals surface area contributed by atoms with E-state index in [2.05, 4.69) is 15.0 Å². The maximum absolute atomic E-state index is 12.5.